The van der Waals surface area contributed by atoms with Crippen LogP contribution in [0, 0.1) is 0 Å². The zero-order valence-corrected chi connectivity index (χ0v) is 16.9. The third-order valence-corrected chi connectivity index (χ3v) is 5.69. The molecule has 0 aromatic heterocycles. The van der Waals surface area contributed by atoms with E-state index in [0.717, 1.165) is 71.5 Å². The molecule has 28 heavy (non-hydrogen) atoms. The predicted octanol–water partition coefficient (Wildman–Crippen LogP) is 1.71. The number of benzene rings is 1. The van der Waals surface area contributed by atoms with Gasteiger partial charge in [0, 0.05) is 52.2 Å². The van der Waals surface area contributed by atoms with Crippen LogP contribution in [0.2, 0.25) is 0 Å². The Balaban J connectivity index is 1.25. The molecule has 6 heteroatoms. The number of nitrogens with zero attached hydrogens (tertiary/aromatic N) is 3. The van der Waals surface area contributed by atoms with Crippen molar-refractivity contribution in [1.82, 2.24) is 20.0 Å². The smallest absolute Gasteiger partial charge is 0.239 e. The summed E-state index contributed by atoms with van der Waals surface area (Å²) in [4.78, 5) is 30.8. The number of hydrogen-bond acceptors (Lipinski definition) is 4. The number of piperazine rings is 1. The van der Waals surface area contributed by atoms with Gasteiger partial charge >= 0.3 is 0 Å². The SMILES string of the molecule is O=C(CN1CCCCCC1=O)NCCCN1CCN(Cc2ccccc2)CC1. The highest BCUT2D eigenvalue weighted by atomic mass is 16.2. The molecular formula is C22H34N4O2. The zero-order valence-electron chi connectivity index (χ0n) is 16.9. The van der Waals surface area contributed by atoms with Crippen LogP contribution in [0.1, 0.15) is 37.7 Å². The van der Waals surface area contributed by atoms with Crippen molar-refractivity contribution < 1.29 is 9.59 Å². The number of carbonyl (C=O) groups excluding carboxylic acids is 2. The van der Waals surface area contributed by atoms with Crippen LogP contribution in [-0.2, 0) is 16.1 Å². The van der Waals surface area contributed by atoms with E-state index in [4.69, 9.17) is 0 Å². The van der Waals surface area contributed by atoms with Crippen LogP contribution in [0.15, 0.2) is 30.3 Å². The van der Waals surface area contributed by atoms with E-state index >= 15 is 0 Å². The van der Waals surface area contributed by atoms with Gasteiger partial charge in [0.25, 0.3) is 0 Å². The van der Waals surface area contributed by atoms with Gasteiger partial charge in [-0.1, -0.05) is 36.8 Å². The van der Waals surface area contributed by atoms with E-state index in [-0.39, 0.29) is 18.4 Å². The van der Waals surface area contributed by atoms with Crippen molar-refractivity contribution in [2.75, 3.05) is 52.4 Å². The van der Waals surface area contributed by atoms with Crippen LogP contribution in [0.25, 0.3) is 0 Å². The molecule has 0 unspecified atom stereocenters. The number of likely N-dealkylation sites (tertiary alicyclic amines) is 1. The lowest BCUT2D eigenvalue weighted by atomic mass is 10.2. The average molecular weight is 387 g/mol. The van der Waals surface area contributed by atoms with E-state index < -0.39 is 0 Å². The van der Waals surface area contributed by atoms with Gasteiger partial charge in [-0.05, 0) is 31.4 Å². The molecule has 0 atom stereocenters. The first-order valence-corrected chi connectivity index (χ1v) is 10.7. The highest BCUT2D eigenvalue weighted by Gasteiger charge is 2.19. The van der Waals surface area contributed by atoms with Crippen LogP contribution < -0.4 is 5.32 Å². The van der Waals surface area contributed by atoms with Gasteiger partial charge in [0.15, 0.2) is 0 Å². The summed E-state index contributed by atoms with van der Waals surface area (Å²) in [5.74, 6) is 0.101. The Hall–Kier alpha value is -1.92. The fourth-order valence-corrected chi connectivity index (χ4v) is 3.98. The number of hydrogen-bond donors (Lipinski definition) is 1. The van der Waals surface area contributed by atoms with Gasteiger partial charge in [0.05, 0.1) is 6.54 Å². The fourth-order valence-electron chi connectivity index (χ4n) is 3.98. The maximum Gasteiger partial charge on any atom is 0.239 e. The molecule has 1 aromatic carbocycles. The fraction of sp³-hybridized carbons (Fsp3) is 0.636. The molecule has 1 N–H and O–H groups in total. The molecule has 0 saturated carbocycles. The Morgan fingerprint density at radius 3 is 2.46 bits per heavy atom. The van der Waals surface area contributed by atoms with Gasteiger partial charge in [-0.25, -0.2) is 0 Å². The average Bonchev–Trinajstić information content (AvgIpc) is 2.91. The van der Waals surface area contributed by atoms with Gasteiger partial charge in [0.2, 0.25) is 11.8 Å². The molecule has 0 radical (unpaired) electrons. The Morgan fingerprint density at radius 1 is 0.929 bits per heavy atom. The lowest BCUT2D eigenvalue weighted by molar-refractivity contribution is -0.135. The minimum Gasteiger partial charge on any atom is -0.355 e. The summed E-state index contributed by atoms with van der Waals surface area (Å²) < 4.78 is 0. The van der Waals surface area contributed by atoms with Crippen molar-refractivity contribution in [3.63, 3.8) is 0 Å². The van der Waals surface area contributed by atoms with Crippen LogP contribution in [0.3, 0.4) is 0 Å². The van der Waals surface area contributed by atoms with Crippen molar-refractivity contribution in [2.24, 2.45) is 0 Å². The second-order valence-electron chi connectivity index (χ2n) is 7.93. The number of nitrogens with one attached hydrogen (secondary N) is 1. The molecule has 2 fully saturated rings. The molecule has 2 aliphatic heterocycles. The number of carbonyl (C=O) groups is 2. The highest BCUT2D eigenvalue weighted by Crippen LogP contribution is 2.11. The molecule has 2 aliphatic rings. The molecule has 154 valence electrons. The largest absolute Gasteiger partial charge is 0.355 e. The second-order valence-corrected chi connectivity index (χ2v) is 7.93. The summed E-state index contributed by atoms with van der Waals surface area (Å²) in [5.41, 5.74) is 1.38. The van der Waals surface area contributed by atoms with E-state index in [0.29, 0.717) is 13.0 Å². The van der Waals surface area contributed by atoms with E-state index in [1.807, 2.05) is 0 Å². The normalized spacial score (nSPS) is 19.4. The van der Waals surface area contributed by atoms with Gasteiger partial charge in [-0.2, -0.15) is 0 Å². The van der Waals surface area contributed by atoms with Crippen molar-refractivity contribution in [3.05, 3.63) is 35.9 Å². The molecule has 2 saturated heterocycles. The summed E-state index contributed by atoms with van der Waals surface area (Å²) in [6, 6.07) is 10.6. The second kappa shape index (κ2) is 11.2. The van der Waals surface area contributed by atoms with Gasteiger partial charge in [0.1, 0.15) is 0 Å². The Morgan fingerprint density at radius 2 is 1.68 bits per heavy atom. The van der Waals surface area contributed by atoms with Crippen LogP contribution >= 0.6 is 0 Å². The lowest BCUT2D eigenvalue weighted by Gasteiger charge is -2.34. The third-order valence-electron chi connectivity index (χ3n) is 5.69. The molecule has 6 nitrogen and oxygen atoms in total. The van der Waals surface area contributed by atoms with Crippen LogP contribution in [0.5, 0.6) is 0 Å². The molecule has 0 bridgehead atoms. The first-order chi connectivity index (χ1) is 13.7. The Labute approximate surface area is 168 Å². The minimum absolute atomic E-state index is 0.0251. The Bertz CT molecular complexity index is 614. The Kier molecular flexibility index (Phi) is 8.30. The van der Waals surface area contributed by atoms with Gasteiger partial charge in [-0.3, -0.25) is 14.5 Å². The maximum absolute atomic E-state index is 12.1. The topological polar surface area (TPSA) is 55.9 Å². The number of rotatable bonds is 8. The molecular weight excluding hydrogens is 352 g/mol. The van der Waals surface area contributed by atoms with Crippen molar-refractivity contribution >= 4 is 11.8 Å². The monoisotopic (exact) mass is 386 g/mol. The lowest BCUT2D eigenvalue weighted by Crippen LogP contribution is -2.46. The summed E-state index contributed by atoms with van der Waals surface area (Å²) in [6.07, 6.45) is 4.59. The zero-order chi connectivity index (χ0) is 19.6. The molecule has 2 amide bonds. The quantitative estimate of drug-likeness (QED) is 0.691. The van der Waals surface area contributed by atoms with Crippen LogP contribution in [0.4, 0.5) is 0 Å². The standard InChI is InChI=1S/C22H34N4O2/c27-21(19-26-13-6-2-5-10-22(26)28)23-11-7-12-24-14-16-25(17-15-24)18-20-8-3-1-4-9-20/h1,3-4,8-9H,2,5-7,10-19H2,(H,23,27). The first kappa shape index (κ1) is 20.8. The van der Waals surface area contributed by atoms with Crippen molar-refractivity contribution in [2.45, 2.75) is 38.6 Å². The predicted molar refractivity (Wildman–Crippen MR) is 111 cm³/mol. The maximum atomic E-state index is 12.1. The minimum atomic E-state index is -0.0251. The van der Waals surface area contributed by atoms with Crippen LogP contribution in [-0.4, -0.2) is 78.9 Å². The molecule has 2 heterocycles. The molecule has 0 spiro atoms. The van der Waals surface area contributed by atoms with E-state index in [9.17, 15) is 9.59 Å². The summed E-state index contributed by atoms with van der Waals surface area (Å²) in [7, 11) is 0. The van der Waals surface area contributed by atoms with E-state index in [1.165, 1.54) is 5.56 Å². The van der Waals surface area contributed by atoms with E-state index in [1.54, 1.807) is 4.90 Å². The third kappa shape index (κ3) is 6.91. The summed E-state index contributed by atoms with van der Waals surface area (Å²) in [6.45, 7) is 8.03. The molecule has 3 rings (SSSR count). The number of amides is 2. The molecule has 1 aromatic rings. The molecule has 0 aliphatic carbocycles. The van der Waals surface area contributed by atoms with E-state index in [2.05, 4.69) is 45.4 Å². The summed E-state index contributed by atoms with van der Waals surface area (Å²) >= 11 is 0. The van der Waals surface area contributed by atoms with Gasteiger partial charge < -0.3 is 15.1 Å². The van der Waals surface area contributed by atoms with Crippen molar-refractivity contribution in [1.29, 1.82) is 0 Å². The summed E-state index contributed by atoms with van der Waals surface area (Å²) in [5, 5.41) is 2.98. The van der Waals surface area contributed by atoms with Gasteiger partial charge in [-0.15, -0.1) is 0 Å². The first-order valence-electron chi connectivity index (χ1n) is 10.7. The van der Waals surface area contributed by atoms with Crippen molar-refractivity contribution in [3.8, 4) is 0 Å². The highest BCUT2D eigenvalue weighted by molar-refractivity contribution is 5.84.